The van der Waals surface area contributed by atoms with Gasteiger partial charge in [-0.05, 0) is 29.7 Å². The summed E-state index contributed by atoms with van der Waals surface area (Å²) in [5.74, 6) is -0.353. The van der Waals surface area contributed by atoms with Crippen LogP contribution in [0.2, 0.25) is 0 Å². The number of aliphatic carboxylic acids is 1. The van der Waals surface area contributed by atoms with Crippen molar-refractivity contribution < 1.29 is 19.4 Å². The Morgan fingerprint density at radius 2 is 2.33 bits per heavy atom. The van der Waals surface area contributed by atoms with E-state index in [-0.39, 0.29) is 6.61 Å². The SMILES string of the molecule is O=C(O)COc1ccc2c(c1)CCOC2. The van der Waals surface area contributed by atoms with Crippen LogP contribution in [0.1, 0.15) is 11.1 Å². The number of carbonyl (C=O) groups is 1. The van der Waals surface area contributed by atoms with E-state index >= 15 is 0 Å². The third-order valence-corrected chi connectivity index (χ3v) is 2.31. The number of ether oxygens (including phenoxy) is 2. The lowest BCUT2D eigenvalue weighted by molar-refractivity contribution is -0.139. The lowest BCUT2D eigenvalue weighted by atomic mass is 10.0. The van der Waals surface area contributed by atoms with Crippen molar-refractivity contribution in [1.29, 1.82) is 0 Å². The van der Waals surface area contributed by atoms with Crippen LogP contribution in [0.25, 0.3) is 0 Å². The van der Waals surface area contributed by atoms with Gasteiger partial charge in [0.2, 0.25) is 0 Å². The predicted molar refractivity (Wildman–Crippen MR) is 52.9 cm³/mol. The van der Waals surface area contributed by atoms with Crippen LogP contribution in [0.15, 0.2) is 18.2 Å². The van der Waals surface area contributed by atoms with E-state index < -0.39 is 5.97 Å². The van der Waals surface area contributed by atoms with Crippen LogP contribution in [-0.4, -0.2) is 24.3 Å². The Bertz CT molecular complexity index is 373. The zero-order valence-corrected chi connectivity index (χ0v) is 8.23. The van der Waals surface area contributed by atoms with Gasteiger partial charge in [0.15, 0.2) is 6.61 Å². The number of hydrogen-bond donors (Lipinski definition) is 1. The van der Waals surface area contributed by atoms with Crippen molar-refractivity contribution in [1.82, 2.24) is 0 Å². The Balaban J connectivity index is 2.10. The molecule has 0 unspecified atom stereocenters. The Kier molecular flexibility index (Phi) is 2.87. The summed E-state index contributed by atoms with van der Waals surface area (Å²) in [6, 6.07) is 5.59. The van der Waals surface area contributed by atoms with E-state index in [9.17, 15) is 4.79 Å². The summed E-state index contributed by atoms with van der Waals surface area (Å²) >= 11 is 0. The second kappa shape index (κ2) is 4.31. The first-order valence-electron chi connectivity index (χ1n) is 4.80. The summed E-state index contributed by atoms with van der Waals surface area (Å²) in [7, 11) is 0. The minimum Gasteiger partial charge on any atom is -0.482 e. The zero-order valence-electron chi connectivity index (χ0n) is 8.23. The number of hydrogen-bond acceptors (Lipinski definition) is 3. The third kappa shape index (κ3) is 2.47. The van der Waals surface area contributed by atoms with Crippen molar-refractivity contribution in [3.8, 4) is 5.75 Å². The van der Waals surface area contributed by atoms with Gasteiger partial charge in [0.25, 0.3) is 0 Å². The first kappa shape index (κ1) is 9.98. The van der Waals surface area contributed by atoms with Gasteiger partial charge >= 0.3 is 5.97 Å². The van der Waals surface area contributed by atoms with Gasteiger partial charge in [-0.1, -0.05) is 6.07 Å². The molecule has 1 aliphatic heterocycles. The lowest BCUT2D eigenvalue weighted by Gasteiger charge is -2.17. The van der Waals surface area contributed by atoms with Gasteiger partial charge in [-0.15, -0.1) is 0 Å². The summed E-state index contributed by atoms with van der Waals surface area (Å²) in [6.07, 6.45) is 0.861. The van der Waals surface area contributed by atoms with Gasteiger partial charge in [-0.3, -0.25) is 0 Å². The highest BCUT2D eigenvalue weighted by molar-refractivity contribution is 5.68. The van der Waals surface area contributed by atoms with E-state index in [1.54, 1.807) is 6.07 Å². The monoisotopic (exact) mass is 208 g/mol. The quantitative estimate of drug-likeness (QED) is 0.811. The summed E-state index contributed by atoms with van der Waals surface area (Å²) in [5.41, 5.74) is 2.34. The highest BCUT2D eigenvalue weighted by atomic mass is 16.5. The molecular weight excluding hydrogens is 196 g/mol. The molecule has 0 aliphatic carbocycles. The van der Waals surface area contributed by atoms with E-state index in [2.05, 4.69) is 0 Å². The van der Waals surface area contributed by atoms with Crippen LogP contribution >= 0.6 is 0 Å². The van der Waals surface area contributed by atoms with Gasteiger partial charge in [-0.2, -0.15) is 0 Å². The molecule has 4 nitrogen and oxygen atoms in total. The fraction of sp³-hybridized carbons (Fsp3) is 0.364. The molecule has 0 saturated heterocycles. The second-order valence-electron chi connectivity index (χ2n) is 3.42. The highest BCUT2D eigenvalue weighted by Crippen LogP contribution is 2.22. The first-order valence-corrected chi connectivity index (χ1v) is 4.80. The fourth-order valence-corrected chi connectivity index (χ4v) is 1.57. The topological polar surface area (TPSA) is 55.8 Å². The van der Waals surface area contributed by atoms with E-state index in [0.717, 1.165) is 18.6 Å². The molecule has 0 radical (unpaired) electrons. The summed E-state index contributed by atoms with van der Waals surface area (Å²) < 4.78 is 10.4. The molecular formula is C11H12O4. The van der Waals surface area contributed by atoms with Gasteiger partial charge in [0.05, 0.1) is 13.2 Å². The molecule has 1 N–H and O–H groups in total. The fourth-order valence-electron chi connectivity index (χ4n) is 1.57. The van der Waals surface area contributed by atoms with Crippen LogP contribution in [0.5, 0.6) is 5.75 Å². The van der Waals surface area contributed by atoms with Gasteiger partial charge in [-0.25, -0.2) is 4.79 Å². The molecule has 0 atom stereocenters. The smallest absolute Gasteiger partial charge is 0.341 e. The minimum absolute atomic E-state index is 0.296. The Morgan fingerprint density at radius 3 is 3.13 bits per heavy atom. The molecule has 0 saturated carbocycles. The Labute approximate surface area is 87.4 Å². The summed E-state index contributed by atoms with van der Waals surface area (Å²) in [4.78, 5) is 10.3. The van der Waals surface area contributed by atoms with Crippen LogP contribution < -0.4 is 4.74 Å². The molecule has 15 heavy (non-hydrogen) atoms. The van der Waals surface area contributed by atoms with Crippen molar-refractivity contribution in [2.75, 3.05) is 13.2 Å². The van der Waals surface area contributed by atoms with Crippen LogP contribution in [-0.2, 0) is 22.6 Å². The van der Waals surface area contributed by atoms with E-state index in [1.807, 2.05) is 12.1 Å². The van der Waals surface area contributed by atoms with E-state index in [4.69, 9.17) is 14.6 Å². The Morgan fingerprint density at radius 1 is 1.47 bits per heavy atom. The van der Waals surface area contributed by atoms with Crippen molar-refractivity contribution in [2.45, 2.75) is 13.0 Å². The largest absolute Gasteiger partial charge is 0.482 e. The molecule has 1 aliphatic rings. The molecule has 2 rings (SSSR count). The Hall–Kier alpha value is -1.55. The summed E-state index contributed by atoms with van der Waals surface area (Å²) in [5, 5.41) is 8.47. The van der Waals surface area contributed by atoms with Gasteiger partial charge < -0.3 is 14.6 Å². The number of carboxylic acids is 1. The van der Waals surface area contributed by atoms with Crippen molar-refractivity contribution in [2.24, 2.45) is 0 Å². The second-order valence-corrected chi connectivity index (χ2v) is 3.42. The number of benzene rings is 1. The molecule has 0 aromatic heterocycles. The lowest BCUT2D eigenvalue weighted by Crippen LogP contribution is -2.12. The predicted octanol–water partition coefficient (Wildman–Crippen LogP) is 1.22. The van der Waals surface area contributed by atoms with Crippen molar-refractivity contribution >= 4 is 5.97 Å². The average molecular weight is 208 g/mol. The molecule has 80 valence electrons. The standard InChI is InChI=1S/C11H12O4/c12-11(13)7-15-10-2-1-9-6-14-4-3-8(9)5-10/h1-2,5H,3-4,6-7H2,(H,12,13). The van der Waals surface area contributed by atoms with Crippen LogP contribution in [0.3, 0.4) is 0 Å². The van der Waals surface area contributed by atoms with Crippen molar-refractivity contribution in [3.63, 3.8) is 0 Å². The number of fused-ring (bicyclic) bond motifs is 1. The van der Waals surface area contributed by atoms with Crippen molar-refractivity contribution in [3.05, 3.63) is 29.3 Å². The molecule has 1 heterocycles. The maximum Gasteiger partial charge on any atom is 0.341 e. The van der Waals surface area contributed by atoms with E-state index in [0.29, 0.717) is 12.4 Å². The maximum atomic E-state index is 10.3. The molecule has 0 amide bonds. The highest BCUT2D eigenvalue weighted by Gasteiger charge is 2.10. The molecule has 4 heteroatoms. The van der Waals surface area contributed by atoms with Crippen LogP contribution in [0, 0.1) is 0 Å². The molecule has 0 bridgehead atoms. The maximum absolute atomic E-state index is 10.3. The normalized spacial score (nSPS) is 14.4. The van der Waals surface area contributed by atoms with Gasteiger partial charge in [0.1, 0.15) is 5.75 Å². The number of carboxylic acid groups (broad SMARTS) is 1. The summed E-state index contributed by atoms with van der Waals surface area (Å²) in [6.45, 7) is 1.05. The molecule has 1 aromatic rings. The number of rotatable bonds is 3. The first-order chi connectivity index (χ1) is 7.25. The molecule has 1 aromatic carbocycles. The van der Waals surface area contributed by atoms with Crippen LogP contribution in [0.4, 0.5) is 0 Å². The molecule has 0 spiro atoms. The zero-order chi connectivity index (χ0) is 10.7. The third-order valence-electron chi connectivity index (χ3n) is 2.31. The van der Waals surface area contributed by atoms with Gasteiger partial charge in [0, 0.05) is 0 Å². The molecule has 0 fully saturated rings. The average Bonchev–Trinajstić information content (AvgIpc) is 2.26. The van der Waals surface area contributed by atoms with E-state index in [1.165, 1.54) is 5.56 Å². The minimum atomic E-state index is -0.962.